The summed E-state index contributed by atoms with van der Waals surface area (Å²) in [5, 5.41) is 0. The summed E-state index contributed by atoms with van der Waals surface area (Å²) in [5.74, 6) is 1.31. The normalized spacial score (nSPS) is 36.2. The molecule has 0 spiro atoms. The van der Waals surface area contributed by atoms with Gasteiger partial charge in [0.05, 0.1) is 12.5 Å². The van der Waals surface area contributed by atoms with Crippen LogP contribution in [0.3, 0.4) is 0 Å². The number of rotatable bonds is 2. The fourth-order valence-corrected chi connectivity index (χ4v) is 2.33. The van der Waals surface area contributed by atoms with Crippen molar-refractivity contribution in [3.8, 4) is 0 Å². The summed E-state index contributed by atoms with van der Waals surface area (Å²) in [4.78, 5) is 11.4. The zero-order valence-corrected chi connectivity index (χ0v) is 8.03. The number of esters is 1. The molecule has 1 saturated carbocycles. The van der Waals surface area contributed by atoms with Crippen molar-refractivity contribution in [3.05, 3.63) is 12.2 Å². The highest BCUT2D eigenvalue weighted by Crippen LogP contribution is 2.52. The first kappa shape index (κ1) is 8.79. The maximum Gasteiger partial charge on any atom is 0.309 e. The van der Waals surface area contributed by atoms with Crippen molar-refractivity contribution in [2.24, 2.45) is 17.8 Å². The molecule has 0 amide bonds. The van der Waals surface area contributed by atoms with Crippen molar-refractivity contribution in [1.29, 1.82) is 0 Å². The SMILES string of the molecule is CCOC(=O)[C@H]1[C@@H]2C=CCCC[C@@H]21. The van der Waals surface area contributed by atoms with Crippen LogP contribution in [0.4, 0.5) is 0 Å². The summed E-state index contributed by atoms with van der Waals surface area (Å²) < 4.78 is 5.03. The van der Waals surface area contributed by atoms with Crippen LogP contribution in [0.1, 0.15) is 26.2 Å². The fraction of sp³-hybridized carbons (Fsp3) is 0.727. The predicted molar refractivity (Wildman–Crippen MR) is 50.1 cm³/mol. The number of allylic oxidation sites excluding steroid dienone is 2. The Balaban J connectivity index is 1.94. The van der Waals surface area contributed by atoms with Crippen molar-refractivity contribution in [2.75, 3.05) is 6.61 Å². The molecule has 0 N–H and O–H groups in total. The minimum atomic E-state index is 0.0176. The topological polar surface area (TPSA) is 26.3 Å². The van der Waals surface area contributed by atoms with Gasteiger partial charge in [-0.3, -0.25) is 4.79 Å². The molecule has 2 aliphatic rings. The Bertz CT molecular complexity index is 232. The average molecular weight is 180 g/mol. The van der Waals surface area contributed by atoms with Crippen molar-refractivity contribution >= 4 is 5.97 Å². The first-order valence-electron chi connectivity index (χ1n) is 5.18. The maximum absolute atomic E-state index is 11.4. The van der Waals surface area contributed by atoms with Crippen LogP contribution in [0.5, 0.6) is 0 Å². The summed E-state index contributed by atoms with van der Waals surface area (Å²) >= 11 is 0. The highest BCUT2D eigenvalue weighted by molar-refractivity contribution is 5.77. The Morgan fingerprint density at radius 3 is 3.23 bits per heavy atom. The van der Waals surface area contributed by atoms with Crippen molar-refractivity contribution < 1.29 is 9.53 Å². The van der Waals surface area contributed by atoms with Crippen molar-refractivity contribution in [1.82, 2.24) is 0 Å². The number of hydrogen-bond donors (Lipinski definition) is 0. The summed E-state index contributed by atoms with van der Waals surface area (Å²) in [5.41, 5.74) is 0. The van der Waals surface area contributed by atoms with E-state index < -0.39 is 0 Å². The van der Waals surface area contributed by atoms with Crippen LogP contribution in [-0.4, -0.2) is 12.6 Å². The lowest BCUT2D eigenvalue weighted by Crippen LogP contribution is -2.08. The second-order valence-electron chi connectivity index (χ2n) is 3.88. The fourth-order valence-electron chi connectivity index (χ4n) is 2.33. The highest BCUT2D eigenvalue weighted by Gasteiger charge is 2.53. The third-order valence-electron chi connectivity index (χ3n) is 3.05. The van der Waals surface area contributed by atoms with E-state index in [4.69, 9.17) is 4.74 Å². The minimum absolute atomic E-state index is 0.0176. The zero-order chi connectivity index (χ0) is 9.26. The second-order valence-corrected chi connectivity index (χ2v) is 3.88. The molecular formula is C11H16O2. The molecule has 0 saturated heterocycles. The van der Waals surface area contributed by atoms with Gasteiger partial charge in [-0.05, 0) is 38.0 Å². The molecule has 2 rings (SSSR count). The van der Waals surface area contributed by atoms with E-state index in [-0.39, 0.29) is 11.9 Å². The Kier molecular flexibility index (Phi) is 2.38. The molecule has 0 aliphatic heterocycles. The smallest absolute Gasteiger partial charge is 0.309 e. The van der Waals surface area contributed by atoms with Gasteiger partial charge in [0.2, 0.25) is 0 Å². The van der Waals surface area contributed by atoms with Gasteiger partial charge < -0.3 is 4.74 Å². The van der Waals surface area contributed by atoms with E-state index in [1.54, 1.807) is 0 Å². The third kappa shape index (κ3) is 1.62. The van der Waals surface area contributed by atoms with E-state index in [1.807, 2.05) is 6.92 Å². The van der Waals surface area contributed by atoms with E-state index in [1.165, 1.54) is 19.3 Å². The minimum Gasteiger partial charge on any atom is -0.466 e. The largest absolute Gasteiger partial charge is 0.466 e. The van der Waals surface area contributed by atoms with E-state index in [0.717, 1.165) is 0 Å². The number of carbonyl (C=O) groups excluding carboxylic acids is 1. The van der Waals surface area contributed by atoms with Crippen LogP contribution in [-0.2, 0) is 9.53 Å². The van der Waals surface area contributed by atoms with Gasteiger partial charge in [-0.2, -0.15) is 0 Å². The molecule has 1 fully saturated rings. The van der Waals surface area contributed by atoms with Gasteiger partial charge >= 0.3 is 5.97 Å². The molecule has 0 aromatic rings. The molecule has 0 aromatic heterocycles. The van der Waals surface area contributed by atoms with Crippen LogP contribution in [0.2, 0.25) is 0 Å². The zero-order valence-electron chi connectivity index (χ0n) is 8.03. The second kappa shape index (κ2) is 3.52. The maximum atomic E-state index is 11.4. The summed E-state index contributed by atoms with van der Waals surface area (Å²) in [6, 6.07) is 0. The van der Waals surface area contributed by atoms with E-state index in [9.17, 15) is 4.79 Å². The van der Waals surface area contributed by atoms with Crippen LogP contribution < -0.4 is 0 Å². The molecule has 72 valence electrons. The molecule has 3 atom stereocenters. The van der Waals surface area contributed by atoms with Gasteiger partial charge in [-0.25, -0.2) is 0 Å². The molecule has 13 heavy (non-hydrogen) atoms. The summed E-state index contributed by atoms with van der Waals surface area (Å²) in [6.07, 6.45) is 8.03. The van der Waals surface area contributed by atoms with Crippen molar-refractivity contribution in [3.63, 3.8) is 0 Å². The van der Waals surface area contributed by atoms with Crippen LogP contribution in [0, 0.1) is 17.8 Å². The molecule has 0 radical (unpaired) electrons. The molecule has 0 heterocycles. The summed E-state index contributed by atoms with van der Waals surface area (Å²) in [7, 11) is 0. The molecule has 2 nitrogen and oxygen atoms in total. The lowest BCUT2D eigenvalue weighted by atomic mass is 10.1. The van der Waals surface area contributed by atoms with Gasteiger partial charge in [0, 0.05) is 0 Å². The standard InChI is InChI=1S/C11H16O2/c1-2-13-11(12)10-8-6-4-3-5-7-9(8)10/h4,6,8-10H,2-3,5,7H2,1H3/t8-,9+,10+/m1/s1. The quantitative estimate of drug-likeness (QED) is 0.481. The molecule has 2 aliphatic carbocycles. The van der Waals surface area contributed by atoms with Crippen LogP contribution >= 0.6 is 0 Å². The number of ether oxygens (including phenoxy) is 1. The lowest BCUT2D eigenvalue weighted by Gasteiger charge is -2.00. The predicted octanol–water partition coefficient (Wildman–Crippen LogP) is 2.15. The van der Waals surface area contributed by atoms with Gasteiger partial charge in [0.1, 0.15) is 0 Å². The van der Waals surface area contributed by atoms with Gasteiger partial charge in [-0.15, -0.1) is 0 Å². The lowest BCUT2D eigenvalue weighted by molar-refractivity contribution is -0.145. The molecule has 0 bridgehead atoms. The average Bonchev–Trinajstić information content (AvgIpc) is 2.77. The molecule has 0 aromatic carbocycles. The van der Waals surface area contributed by atoms with E-state index in [2.05, 4.69) is 12.2 Å². The van der Waals surface area contributed by atoms with E-state index in [0.29, 0.717) is 18.4 Å². The van der Waals surface area contributed by atoms with Gasteiger partial charge in [-0.1, -0.05) is 12.2 Å². The Morgan fingerprint density at radius 2 is 2.46 bits per heavy atom. The highest BCUT2D eigenvalue weighted by atomic mass is 16.5. The third-order valence-corrected chi connectivity index (χ3v) is 3.05. The number of fused-ring (bicyclic) bond motifs is 1. The Labute approximate surface area is 79.0 Å². The van der Waals surface area contributed by atoms with Crippen LogP contribution in [0.15, 0.2) is 12.2 Å². The van der Waals surface area contributed by atoms with Crippen LogP contribution in [0.25, 0.3) is 0 Å². The number of hydrogen-bond acceptors (Lipinski definition) is 2. The van der Waals surface area contributed by atoms with Crippen molar-refractivity contribution in [2.45, 2.75) is 26.2 Å². The molecule has 0 unspecified atom stereocenters. The first-order chi connectivity index (χ1) is 6.34. The first-order valence-corrected chi connectivity index (χ1v) is 5.18. The molecule has 2 heteroatoms. The van der Waals surface area contributed by atoms with Gasteiger partial charge in [0.15, 0.2) is 0 Å². The monoisotopic (exact) mass is 180 g/mol. The number of carbonyl (C=O) groups is 1. The van der Waals surface area contributed by atoms with Gasteiger partial charge in [0.25, 0.3) is 0 Å². The summed E-state index contributed by atoms with van der Waals surface area (Å²) in [6.45, 7) is 2.38. The van der Waals surface area contributed by atoms with E-state index >= 15 is 0 Å². The Hall–Kier alpha value is -0.790. The molecular weight excluding hydrogens is 164 g/mol. The Morgan fingerprint density at radius 1 is 1.62 bits per heavy atom.